The molecule has 0 saturated heterocycles. The number of hydrogen-bond donors (Lipinski definition) is 1. The first-order valence-corrected chi connectivity index (χ1v) is 18.3. The number of aliphatic hydroxyl groups excluding tert-OH is 1. The quantitative estimate of drug-likeness (QED) is 0.397. The summed E-state index contributed by atoms with van der Waals surface area (Å²) in [5, 5.41) is 11.3. The fourth-order valence-corrected chi connectivity index (χ4v) is 10.8. The lowest BCUT2D eigenvalue weighted by molar-refractivity contribution is -0.170. The van der Waals surface area contributed by atoms with Crippen molar-refractivity contribution in [2.45, 2.75) is 108 Å². The Balaban J connectivity index is 1.50. The van der Waals surface area contributed by atoms with Crippen LogP contribution in [0.3, 0.4) is 0 Å². The van der Waals surface area contributed by atoms with Crippen LogP contribution in [0.4, 0.5) is 0 Å². The molecule has 0 unspecified atom stereocenters. The summed E-state index contributed by atoms with van der Waals surface area (Å²) in [6.45, 7) is 15.8. The van der Waals surface area contributed by atoms with Crippen molar-refractivity contribution in [3.63, 3.8) is 0 Å². The summed E-state index contributed by atoms with van der Waals surface area (Å²) in [7, 11) is -2.10. The topological polar surface area (TPSA) is 78.4 Å². The molecule has 6 aliphatic rings. The van der Waals surface area contributed by atoms with Gasteiger partial charge in [-0.2, -0.15) is 0 Å². The van der Waals surface area contributed by atoms with Gasteiger partial charge in [0.15, 0.2) is 8.32 Å². The molecule has 8 heteroatoms. The Bertz CT molecular complexity index is 1590. The molecule has 8 atom stereocenters. The van der Waals surface area contributed by atoms with Gasteiger partial charge in [0.05, 0.1) is 29.0 Å². The maximum atomic E-state index is 14.6. The van der Waals surface area contributed by atoms with Gasteiger partial charge in [0, 0.05) is 11.8 Å². The fraction of sp³-hybridized carbons (Fsp3) is 0.636. The number of benzene rings is 1. The molecule has 2 spiro atoms. The molecule has 8 rings (SSSR count). The second kappa shape index (κ2) is 8.14. The van der Waals surface area contributed by atoms with Crippen molar-refractivity contribution >= 4 is 8.32 Å². The Morgan fingerprint density at radius 2 is 1.61 bits per heavy atom. The molecular formula is C33H45N3O4Si. The van der Waals surface area contributed by atoms with Crippen LogP contribution in [0.1, 0.15) is 66.7 Å². The van der Waals surface area contributed by atoms with Crippen LogP contribution in [0, 0.1) is 22.7 Å². The zero-order chi connectivity index (χ0) is 29.4. The number of nitrogens with zero attached hydrogens (tertiary/aromatic N) is 3. The van der Waals surface area contributed by atoms with Gasteiger partial charge in [-0.15, -0.1) is 0 Å². The minimum absolute atomic E-state index is 0.0517. The van der Waals surface area contributed by atoms with Gasteiger partial charge in [-0.3, -0.25) is 0 Å². The highest BCUT2D eigenvalue weighted by Gasteiger charge is 2.74. The molecule has 0 amide bonds. The van der Waals surface area contributed by atoms with Gasteiger partial charge < -0.3 is 9.53 Å². The van der Waals surface area contributed by atoms with Crippen molar-refractivity contribution in [3.05, 3.63) is 75.6 Å². The highest BCUT2D eigenvalue weighted by molar-refractivity contribution is 6.74. The number of allylic oxidation sites excluding steroid dienone is 3. The van der Waals surface area contributed by atoms with E-state index in [4.69, 9.17) is 4.43 Å². The average molecular weight is 576 g/mol. The third kappa shape index (κ3) is 3.11. The number of aromatic nitrogens is 3. The minimum Gasteiger partial charge on any atom is -0.410 e. The zero-order valence-corrected chi connectivity index (χ0v) is 26.6. The number of hydrogen-bond acceptors (Lipinski definition) is 4. The Kier molecular flexibility index (Phi) is 5.44. The fourth-order valence-electron chi connectivity index (χ4n) is 9.56. The van der Waals surface area contributed by atoms with Crippen LogP contribution in [-0.2, 0) is 15.5 Å². The summed E-state index contributed by atoms with van der Waals surface area (Å²) in [4.78, 5) is 29.3. The standard InChI is InChI=1S/C33H45N3O4Si/c1-29(2,3)41(6,7)40-23-15-18-31(5)25-16-17-30(4)24(13-14-26(30)37)33(25)20-19-32(31,21-23)35-27(38)34(28(39)36(33)35)22-11-9-8-10-12-22/h8-12,15,18-20,23-26,37H,13-14,16-17,21H2,1-7H3/t23-,24+,25+,26-,30-,31+,32+,33-/m0/s1. The molecule has 1 aromatic heterocycles. The van der Waals surface area contributed by atoms with Gasteiger partial charge in [0.1, 0.15) is 0 Å². The van der Waals surface area contributed by atoms with Crippen LogP contribution in [0.2, 0.25) is 18.1 Å². The van der Waals surface area contributed by atoms with Crippen molar-refractivity contribution in [2.75, 3.05) is 0 Å². The SMILES string of the molecule is CC(C)(C)[Si](C)(C)O[C@H]1C=C[C@]2(C)[C@H]3CC[C@@]4(C)[C@@H](CC[C@@H]4O)[C@@]34C=C[C@]2(C1)n1c(=O)n(-c2ccccc2)c(=O)n14. The summed E-state index contributed by atoms with van der Waals surface area (Å²) >= 11 is 0. The third-order valence-corrected chi connectivity index (χ3v) is 17.3. The first kappa shape index (κ1) is 27.4. The van der Waals surface area contributed by atoms with Crippen molar-refractivity contribution in [1.29, 1.82) is 0 Å². The lowest BCUT2D eigenvalue weighted by Gasteiger charge is -2.70. The third-order valence-electron chi connectivity index (χ3n) is 12.8. The lowest BCUT2D eigenvalue weighted by Crippen LogP contribution is -2.76. The van der Waals surface area contributed by atoms with Crippen molar-refractivity contribution in [1.82, 2.24) is 13.9 Å². The largest absolute Gasteiger partial charge is 0.410 e. The molecule has 2 aromatic rings. The van der Waals surface area contributed by atoms with Crippen LogP contribution in [0.15, 0.2) is 64.2 Å². The number of fused-ring (bicyclic) bond motifs is 1. The normalized spacial score (nSPS) is 40.7. The molecule has 3 heterocycles. The van der Waals surface area contributed by atoms with E-state index >= 15 is 0 Å². The van der Waals surface area contributed by atoms with Crippen molar-refractivity contribution < 1.29 is 9.53 Å². The molecule has 1 N–H and O–H groups in total. The van der Waals surface area contributed by atoms with Gasteiger partial charge in [-0.25, -0.2) is 23.5 Å². The highest BCUT2D eigenvalue weighted by Crippen LogP contribution is 2.71. The monoisotopic (exact) mass is 575 g/mol. The maximum absolute atomic E-state index is 14.6. The first-order chi connectivity index (χ1) is 19.1. The summed E-state index contributed by atoms with van der Waals surface area (Å²) in [6.07, 6.45) is 12.6. The van der Waals surface area contributed by atoms with Gasteiger partial charge >= 0.3 is 11.4 Å². The van der Waals surface area contributed by atoms with Crippen LogP contribution in [-0.4, -0.2) is 39.6 Å². The van der Waals surface area contributed by atoms with Gasteiger partial charge in [0.25, 0.3) is 0 Å². The Labute approximate surface area is 243 Å². The van der Waals surface area contributed by atoms with E-state index in [-0.39, 0.29) is 45.2 Å². The van der Waals surface area contributed by atoms with Crippen LogP contribution >= 0.6 is 0 Å². The van der Waals surface area contributed by atoms with E-state index in [2.05, 4.69) is 72.0 Å². The molecule has 220 valence electrons. The molecule has 41 heavy (non-hydrogen) atoms. The summed E-state index contributed by atoms with van der Waals surface area (Å²) in [5.41, 5.74) is -2.09. The summed E-state index contributed by atoms with van der Waals surface area (Å²) < 4.78 is 12.0. The van der Waals surface area contributed by atoms with Crippen molar-refractivity contribution in [2.24, 2.45) is 22.7 Å². The van der Waals surface area contributed by atoms with Gasteiger partial charge in [0.2, 0.25) is 0 Å². The van der Waals surface area contributed by atoms with E-state index in [9.17, 15) is 14.7 Å². The predicted molar refractivity (Wildman–Crippen MR) is 163 cm³/mol. The number of para-hydroxylation sites is 1. The van der Waals surface area contributed by atoms with Crippen molar-refractivity contribution in [3.8, 4) is 5.69 Å². The van der Waals surface area contributed by atoms with E-state index in [0.717, 1.165) is 25.7 Å². The molecule has 2 fully saturated rings. The smallest absolute Gasteiger partial charge is 0.352 e. The Morgan fingerprint density at radius 3 is 2.29 bits per heavy atom. The minimum atomic E-state index is -2.10. The second-order valence-corrected chi connectivity index (χ2v) is 20.3. The Morgan fingerprint density at radius 1 is 0.927 bits per heavy atom. The summed E-state index contributed by atoms with van der Waals surface area (Å²) in [5.74, 6) is 0.178. The molecule has 2 aliphatic heterocycles. The maximum Gasteiger partial charge on any atom is 0.352 e. The molecule has 2 saturated carbocycles. The molecular weight excluding hydrogens is 530 g/mol. The molecule has 1 aromatic carbocycles. The van der Waals surface area contributed by atoms with E-state index < -0.39 is 25.5 Å². The first-order valence-electron chi connectivity index (χ1n) is 15.4. The molecule has 2 bridgehead atoms. The molecule has 7 nitrogen and oxygen atoms in total. The molecule has 0 radical (unpaired) electrons. The molecule has 4 aliphatic carbocycles. The van der Waals surface area contributed by atoms with E-state index in [1.54, 1.807) is 0 Å². The Hall–Kier alpha value is -2.42. The van der Waals surface area contributed by atoms with Gasteiger partial charge in [-0.05, 0) is 73.2 Å². The van der Waals surface area contributed by atoms with E-state index in [1.165, 1.54) is 4.57 Å². The van der Waals surface area contributed by atoms with E-state index in [0.29, 0.717) is 12.1 Å². The average Bonchev–Trinajstić information content (AvgIpc) is 3.37. The van der Waals surface area contributed by atoms with Gasteiger partial charge in [-0.1, -0.05) is 77.1 Å². The zero-order valence-electron chi connectivity index (χ0n) is 25.6. The van der Waals surface area contributed by atoms with Crippen LogP contribution < -0.4 is 11.4 Å². The number of aliphatic hydroxyl groups is 1. The van der Waals surface area contributed by atoms with Crippen LogP contribution in [0.5, 0.6) is 0 Å². The number of rotatable bonds is 3. The predicted octanol–water partition coefficient (Wildman–Crippen LogP) is 5.32. The highest BCUT2D eigenvalue weighted by atomic mass is 28.4. The van der Waals surface area contributed by atoms with E-state index in [1.807, 2.05) is 39.7 Å². The lowest BCUT2D eigenvalue weighted by atomic mass is 9.42. The van der Waals surface area contributed by atoms with Crippen LogP contribution in [0.25, 0.3) is 5.69 Å². The second-order valence-electron chi connectivity index (χ2n) is 15.5. The summed E-state index contributed by atoms with van der Waals surface area (Å²) in [6, 6.07) is 9.32.